The van der Waals surface area contributed by atoms with Crippen LogP contribution in [-0.4, -0.2) is 28.5 Å². The summed E-state index contributed by atoms with van der Waals surface area (Å²) in [5.41, 5.74) is 7.56. The van der Waals surface area contributed by atoms with E-state index in [0.717, 1.165) is 30.5 Å². The summed E-state index contributed by atoms with van der Waals surface area (Å²) >= 11 is 5.16. The van der Waals surface area contributed by atoms with Gasteiger partial charge in [-0.3, -0.25) is 15.4 Å². The van der Waals surface area contributed by atoms with Crippen LogP contribution < -0.4 is 16.2 Å². The van der Waals surface area contributed by atoms with E-state index in [1.165, 1.54) is 5.56 Å². The summed E-state index contributed by atoms with van der Waals surface area (Å²) in [6.07, 6.45) is 2.84. The Morgan fingerprint density at radius 1 is 1.30 bits per heavy atom. The second kappa shape index (κ2) is 10.7. The van der Waals surface area contributed by atoms with E-state index in [0.29, 0.717) is 18.1 Å². The molecule has 0 aliphatic carbocycles. The zero-order valence-corrected chi connectivity index (χ0v) is 14.4. The standard InChI is InChI=1S/C16H24N4O2S/c1-12-7-6-8-14(11-12)13(2)18-19-16(23)17-10-5-3-4-9-15(21)20-22/h6-8,11,22H,3-5,9-10H2,1-2H3,(H,20,21)(H2,17,19,23)/b18-13+. The minimum atomic E-state index is -0.351. The molecule has 0 radical (unpaired) electrons. The van der Waals surface area contributed by atoms with Crippen molar-refractivity contribution in [3.8, 4) is 0 Å². The molecule has 0 aromatic heterocycles. The minimum absolute atomic E-state index is 0.333. The van der Waals surface area contributed by atoms with Gasteiger partial charge in [-0.25, -0.2) is 5.48 Å². The SMILES string of the molecule is C/C(=N\NC(=S)NCCCCCC(=O)NO)c1cccc(C)c1. The number of rotatable bonds is 8. The van der Waals surface area contributed by atoms with Gasteiger partial charge in [0.15, 0.2) is 5.11 Å². The number of carbonyl (C=O) groups is 1. The Morgan fingerprint density at radius 2 is 2.09 bits per heavy atom. The van der Waals surface area contributed by atoms with Gasteiger partial charge in [-0.2, -0.15) is 5.10 Å². The highest BCUT2D eigenvalue weighted by atomic mass is 32.1. The topological polar surface area (TPSA) is 85.8 Å². The highest BCUT2D eigenvalue weighted by molar-refractivity contribution is 7.80. The molecule has 126 valence electrons. The minimum Gasteiger partial charge on any atom is -0.361 e. The van der Waals surface area contributed by atoms with E-state index in [4.69, 9.17) is 17.4 Å². The van der Waals surface area contributed by atoms with Crippen molar-refractivity contribution in [3.63, 3.8) is 0 Å². The highest BCUT2D eigenvalue weighted by Crippen LogP contribution is 2.05. The fraction of sp³-hybridized carbons (Fsp3) is 0.438. The summed E-state index contributed by atoms with van der Waals surface area (Å²) in [4.78, 5) is 10.8. The molecule has 0 saturated carbocycles. The monoisotopic (exact) mass is 336 g/mol. The quantitative estimate of drug-likeness (QED) is 0.192. The molecule has 0 saturated heterocycles. The number of nitrogens with zero attached hydrogens (tertiary/aromatic N) is 1. The molecule has 0 aliphatic heterocycles. The predicted molar refractivity (Wildman–Crippen MR) is 95.5 cm³/mol. The molecule has 1 aromatic rings. The molecule has 23 heavy (non-hydrogen) atoms. The number of unbranched alkanes of at least 4 members (excludes halogenated alkanes) is 2. The molecule has 4 N–H and O–H groups in total. The van der Waals surface area contributed by atoms with Crippen molar-refractivity contribution in [1.82, 2.24) is 16.2 Å². The lowest BCUT2D eigenvalue weighted by Crippen LogP contribution is -2.33. The predicted octanol–water partition coefficient (Wildman–Crippen LogP) is 2.25. The van der Waals surface area contributed by atoms with Crippen molar-refractivity contribution in [2.45, 2.75) is 39.5 Å². The molecule has 1 aromatic carbocycles. The molecule has 0 spiro atoms. The number of aryl methyl sites for hydroxylation is 1. The van der Waals surface area contributed by atoms with Crippen molar-refractivity contribution < 1.29 is 10.0 Å². The lowest BCUT2D eigenvalue weighted by Gasteiger charge is -2.08. The van der Waals surface area contributed by atoms with Crippen LogP contribution in [0.2, 0.25) is 0 Å². The number of thiocarbonyl (C=S) groups is 1. The Labute approximate surface area is 142 Å². The summed E-state index contributed by atoms with van der Waals surface area (Å²) in [6.45, 7) is 4.68. The van der Waals surface area contributed by atoms with Crippen molar-refractivity contribution in [2.24, 2.45) is 5.10 Å². The van der Waals surface area contributed by atoms with E-state index in [1.807, 2.05) is 32.0 Å². The third-order valence-electron chi connectivity index (χ3n) is 3.25. The number of nitrogens with one attached hydrogen (secondary N) is 3. The van der Waals surface area contributed by atoms with E-state index < -0.39 is 0 Å². The first-order valence-corrected chi connectivity index (χ1v) is 8.02. The average Bonchev–Trinajstić information content (AvgIpc) is 2.55. The van der Waals surface area contributed by atoms with Crippen LogP contribution in [0.1, 0.15) is 43.7 Å². The van der Waals surface area contributed by atoms with Gasteiger partial charge in [-0.15, -0.1) is 0 Å². The molecule has 0 fully saturated rings. The second-order valence-electron chi connectivity index (χ2n) is 5.28. The Kier molecular flexibility index (Phi) is 8.86. The van der Waals surface area contributed by atoms with Gasteiger partial charge in [0.25, 0.3) is 0 Å². The number of hydrazone groups is 1. The maximum absolute atomic E-state index is 10.8. The Bertz CT molecular complexity index is 561. The van der Waals surface area contributed by atoms with Crippen LogP contribution in [0.4, 0.5) is 0 Å². The first-order chi connectivity index (χ1) is 11.0. The average molecular weight is 336 g/mol. The first-order valence-electron chi connectivity index (χ1n) is 7.61. The van der Waals surface area contributed by atoms with Crippen molar-refractivity contribution in [1.29, 1.82) is 0 Å². The number of benzene rings is 1. The van der Waals surface area contributed by atoms with Gasteiger partial charge in [0.1, 0.15) is 0 Å². The van der Waals surface area contributed by atoms with Crippen molar-refractivity contribution in [3.05, 3.63) is 35.4 Å². The maximum Gasteiger partial charge on any atom is 0.243 e. The Morgan fingerprint density at radius 3 is 2.78 bits per heavy atom. The molecule has 0 heterocycles. The molecule has 0 aliphatic rings. The van der Waals surface area contributed by atoms with Gasteiger partial charge < -0.3 is 5.32 Å². The summed E-state index contributed by atoms with van der Waals surface area (Å²) in [5.74, 6) is -0.351. The molecule has 0 atom stereocenters. The van der Waals surface area contributed by atoms with E-state index in [9.17, 15) is 4.79 Å². The lowest BCUT2D eigenvalue weighted by atomic mass is 10.1. The zero-order valence-electron chi connectivity index (χ0n) is 13.6. The van der Waals surface area contributed by atoms with Crippen LogP contribution in [0.3, 0.4) is 0 Å². The van der Waals surface area contributed by atoms with Crippen molar-refractivity contribution >= 4 is 28.9 Å². The number of hydroxylamine groups is 1. The zero-order chi connectivity index (χ0) is 17.1. The van der Waals surface area contributed by atoms with Crippen molar-refractivity contribution in [2.75, 3.05) is 6.54 Å². The molecule has 0 bridgehead atoms. The van der Waals surface area contributed by atoms with Crippen LogP contribution >= 0.6 is 12.2 Å². The summed E-state index contributed by atoms with van der Waals surface area (Å²) in [7, 11) is 0. The van der Waals surface area contributed by atoms with E-state index in [-0.39, 0.29) is 5.91 Å². The normalized spacial score (nSPS) is 11.0. The van der Waals surface area contributed by atoms with Crippen LogP contribution in [0.25, 0.3) is 0 Å². The summed E-state index contributed by atoms with van der Waals surface area (Å²) in [5, 5.41) is 16.2. The fourth-order valence-electron chi connectivity index (χ4n) is 1.95. The lowest BCUT2D eigenvalue weighted by molar-refractivity contribution is -0.129. The van der Waals surface area contributed by atoms with E-state index in [2.05, 4.69) is 21.9 Å². The molecule has 6 nitrogen and oxygen atoms in total. The first kappa shape index (κ1) is 19.1. The number of carbonyl (C=O) groups excluding carboxylic acids is 1. The number of hydrogen-bond acceptors (Lipinski definition) is 4. The summed E-state index contributed by atoms with van der Waals surface area (Å²) in [6, 6.07) is 8.12. The van der Waals surface area contributed by atoms with Gasteiger partial charge in [0, 0.05) is 13.0 Å². The second-order valence-corrected chi connectivity index (χ2v) is 5.69. The third-order valence-corrected chi connectivity index (χ3v) is 3.49. The summed E-state index contributed by atoms with van der Waals surface area (Å²) < 4.78 is 0. The fourth-order valence-corrected chi connectivity index (χ4v) is 2.10. The van der Waals surface area contributed by atoms with Gasteiger partial charge >= 0.3 is 0 Å². The molecular weight excluding hydrogens is 312 g/mol. The molecule has 7 heteroatoms. The maximum atomic E-state index is 10.8. The van der Waals surface area contributed by atoms with Crippen LogP contribution in [0.5, 0.6) is 0 Å². The van der Waals surface area contributed by atoms with Crippen LogP contribution in [0.15, 0.2) is 29.4 Å². The van der Waals surface area contributed by atoms with Gasteiger partial charge in [-0.1, -0.05) is 36.2 Å². The molecule has 1 rings (SSSR count). The van der Waals surface area contributed by atoms with E-state index in [1.54, 1.807) is 5.48 Å². The Hall–Kier alpha value is -1.99. The molecule has 0 unspecified atom stereocenters. The Balaban J connectivity index is 2.21. The van der Waals surface area contributed by atoms with Gasteiger partial charge in [0.05, 0.1) is 5.71 Å². The van der Waals surface area contributed by atoms with Crippen LogP contribution in [0, 0.1) is 6.92 Å². The number of amides is 1. The van der Waals surface area contributed by atoms with Gasteiger partial charge in [-0.05, 0) is 44.5 Å². The largest absolute Gasteiger partial charge is 0.361 e. The van der Waals surface area contributed by atoms with E-state index >= 15 is 0 Å². The number of hydrogen-bond donors (Lipinski definition) is 4. The highest BCUT2D eigenvalue weighted by Gasteiger charge is 2.00. The molecular formula is C16H24N4O2S. The smallest absolute Gasteiger partial charge is 0.243 e. The van der Waals surface area contributed by atoms with Gasteiger partial charge in [0.2, 0.25) is 5.91 Å². The molecule has 1 amide bonds. The van der Waals surface area contributed by atoms with Crippen LogP contribution in [-0.2, 0) is 4.79 Å². The third kappa shape index (κ3) is 8.27.